The van der Waals surface area contributed by atoms with Crippen molar-refractivity contribution in [3.8, 4) is 22.8 Å². The summed E-state index contributed by atoms with van der Waals surface area (Å²) in [6.07, 6.45) is 9.00. The van der Waals surface area contributed by atoms with Gasteiger partial charge in [-0.2, -0.15) is 0 Å². The predicted octanol–water partition coefficient (Wildman–Crippen LogP) is 6.63. The molecule has 5 atom stereocenters. The SMILES string of the molecule is CCC(CCC(=O)NCC(=O)O[C@]1(CC)C(=O)OCc2c1cc1n(c2=O)Cc2cc3ccccc3nc2-1)C(=O)NC(CCC(=O)NC1CCC1)C(C)=O.CCC(CCC(=O)O)C(C)=O.CC[C@@]1(OC(=O)CN)C(=O)OCc2c1cc1n(c2=O)Cc2cc3ccccc3nc2-1.NC1CCC1. The van der Waals surface area contributed by atoms with Gasteiger partial charge in [0, 0.05) is 76.2 Å². The molecule has 26 heteroatoms. The zero-order chi connectivity index (χ0) is 71.5. The van der Waals surface area contributed by atoms with E-state index in [0.717, 1.165) is 58.6 Å². The van der Waals surface area contributed by atoms with Crippen molar-refractivity contribution in [2.45, 2.75) is 200 Å². The van der Waals surface area contributed by atoms with Crippen molar-refractivity contribution in [3.05, 3.63) is 127 Å². The van der Waals surface area contributed by atoms with E-state index in [-0.39, 0.29) is 116 Å². The number of aromatic nitrogens is 4. The number of ether oxygens (including phenoxy) is 4. The van der Waals surface area contributed by atoms with Crippen molar-refractivity contribution in [2.75, 3.05) is 13.1 Å². The summed E-state index contributed by atoms with van der Waals surface area (Å²) in [7, 11) is 0. The van der Waals surface area contributed by atoms with Crippen molar-refractivity contribution in [2.24, 2.45) is 23.3 Å². The highest BCUT2D eigenvalue weighted by atomic mass is 16.6. The Labute approximate surface area is 571 Å². The number of hydrogen-bond donors (Lipinski definition) is 6. The first-order chi connectivity index (χ1) is 47.4. The molecule has 4 aromatic heterocycles. The fourth-order valence-electron chi connectivity index (χ4n) is 12.9. The lowest BCUT2D eigenvalue weighted by Gasteiger charge is -2.35. The number of esters is 4. The molecular weight excluding hydrogens is 1270 g/mol. The molecule has 2 fully saturated rings. The largest absolute Gasteiger partial charge is 0.481 e. The summed E-state index contributed by atoms with van der Waals surface area (Å²) >= 11 is 0. The molecule has 0 radical (unpaired) electrons. The molecule has 2 saturated carbocycles. The van der Waals surface area contributed by atoms with Crippen molar-refractivity contribution >= 4 is 80.9 Å². The number of para-hydroxylation sites is 2. The number of pyridine rings is 4. The van der Waals surface area contributed by atoms with Gasteiger partial charge in [-0.05, 0) is 127 Å². The van der Waals surface area contributed by atoms with Crippen LogP contribution in [0.5, 0.6) is 0 Å². The molecule has 2 aromatic carbocycles. The molecule has 0 bridgehead atoms. The van der Waals surface area contributed by atoms with E-state index >= 15 is 0 Å². The first-order valence-electron chi connectivity index (χ1n) is 34.0. The van der Waals surface area contributed by atoms with E-state index in [0.29, 0.717) is 65.9 Å². The van der Waals surface area contributed by atoms with E-state index in [1.807, 2.05) is 67.6 Å². The fraction of sp³-hybridized carbons (Fsp3) is 0.479. The number of ketones is 2. The van der Waals surface area contributed by atoms with Gasteiger partial charge in [-0.3, -0.25) is 47.9 Å². The Morgan fingerprint density at radius 1 is 0.636 bits per heavy atom. The van der Waals surface area contributed by atoms with Crippen LogP contribution >= 0.6 is 0 Å². The minimum absolute atomic E-state index is 0.0286. The van der Waals surface area contributed by atoms with Crippen LogP contribution in [0.4, 0.5) is 0 Å². The summed E-state index contributed by atoms with van der Waals surface area (Å²) < 4.78 is 25.1. The number of nitrogens with zero attached hydrogens (tertiary/aromatic N) is 4. The van der Waals surface area contributed by atoms with Gasteiger partial charge >= 0.3 is 29.8 Å². The number of Topliss-reactive ketones (excluding diaryl/α,β-unsaturated/α-hetero) is 2. The minimum Gasteiger partial charge on any atom is -0.481 e. The number of fused-ring (bicyclic) bond motifs is 10. The van der Waals surface area contributed by atoms with E-state index in [1.54, 1.807) is 42.0 Å². The smallest absolute Gasteiger partial charge is 0.355 e. The maximum absolute atomic E-state index is 13.8. The predicted molar refractivity (Wildman–Crippen MR) is 363 cm³/mol. The van der Waals surface area contributed by atoms with Crippen LogP contribution in [0.1, 0.15) is 178 Å². The minimum atomic E-state index is -1.92. The van der Waals surface area contributed by atoms with Gasteiger partial charge in [0.05, 0.1) is 70.6 Å². The van der Waals surface area contributed by atoms with Gasteiger partial charge in [0.1, 0.15) is 25.5 Å². The molecule has 12 rings (SSSR count). The number of rotatable bonds is 23. The Bertz CT molecular complexity index is 4270. The van der Waals surface area contributed by atoms with Crippen LogP contribution in [0, 0.1) is 11.8 Å². The first-order valence-corrected chi connectivity index (χ1v) is 34.0. The first kappa shape index (κ1) is 73.4. The van der Waals surface area contributed by atoms with Crippen LogP contribution in [0.2, 0.25) is 0 Å². The van der Waals surface area contributed by atoms with Crippen LogP contribution < -0.4 is 38.5 Å². The lowest BCUT2D eigenvalue weighted by atomic mass is 9.85. The molecule has 8 heterocycles. The highest BCUT2D eigenvalue weighted by molar-refractivity contribution is 5.92. The fourth-order valence-corrected chi connectivity index (χ4v) is 12.9. The Hall–Kier alpha value is -9.82. The quantitative estimate of drug-likeness (QED) is 0.0289. The maximum Gasteiger partial charge on any atom is 0.355 e. The normalized spacial score (nSPS) is 18.3. The van der Waals surface area contributed by atoms with Gasteiger partial charge in [0.2, 0.25) is 28.9 Å². The number of carbonyl (C=O) groups excluding carboxylic acids is 9. The molecule has 8 N–H and O–H groups in total. The number of nitrogens with two attached hydrogens (primary N) is 2. The summed E-state index contributed by atoms with van der Waals surface area (Å²) in [5.74, 6) is -5.90. The number of cyclic esters (lactones) is 2. The molecule has 0 spiro atoms. The summed E-state index contributed by atoms with van der Waals surface area (Å²) in [5, 5.41) is 18.4. The molecule has 6 aromatic rings. The van der Waals surface area contributed by atoms with Gasteiger partial charge in [-0.1, -0.05) is 70.5 Å². The van der Waals surface area contributed by atoms with Crippen LogP contribution in [-0.2, 0) is 104 Å². The molecule has 99 heavy (non-hydrogen) atoms. The van der Waals surface area contributed by atoms with Gasteiger partial charge in [0.15, 0.2) is 5.78 Å². The van der Waals surface area contributed by atoms with Crippen molar-refractivity contribution in [3.63, 3.8) is 0 Å². The van der Waals surface area contributed by atoms with Crippen LogP contribution in [0.25, 0.3) is 44.6 Å². The van der Waals surface area contributed by atoms with Crippen LogP contribution in [0.15, 0.2) is 82.4 Å². The van der Waals surface area contributed by atoms with Crippen LogP contribution in [-0.4, -0.2) is 115 Å². The number of carboxylic acid groups (broad SMARTS) is 1. The molecule has 26 nitrogen and oxygen atoms in total. The number of nitrogens with one attached hydrogen (secondary N) is 3. The second kappa shape index (κ2) is 32.2. The molecule has 526 valence electrons. The van der Waals surface area contributed by atoms with Gasteiger partial charge < -0.3 is 60.6 Å². The highest BCUT2D eigenvalue weighted by Gasteiger charge is 2.52. The van der Waals surface area contributed by atoms with Crippen LogP contribution in [0.3, 0.4) is 0 Å². The molecule has 2 aliphatic carbocycles. The lowest BCUT2D eigenvalue weighted by molar-refractivity contribution is -0.189. The van der Waals surface area contributed by atoms with E-state index in [4.69, 9.17) is 45.5 Å². The summed E-state index contributed by atoms with van der Waals surface area (Å²) in [6.45, 7) is 9.18. The number of aliphatic carboxylic acids is 1. The monoisotopic (exact) mass is 1360 g/mol. The van der Waals surface area contributed by atoms with Crippen molar-refractivity contribution in [1.82, 2.24) is 35.1 Å². The van der Waals surface area contributed by atoms with E-state index in [9.17, 15) is 57.5 Å². The third-order valence-corrected chi connectivity index (χ3v) is 19.4. The molecule has 3 unspecified atom stereocenters. The van der Waals surface area contributed by atoms with E-state index < -0.39 is 71.4 Å². The topological polar surface area (TPSA) is 386 Å². The zero-order valence-corrected chi connectivity index (χ0v) is 56.8. The zero-order valence-electron chi connectivity index (χ0n) is 56.8. The Morgan fingerprint density at radius 3 is 1.54 bits per heavy atom. The maximum atomic E-state index is 13.8. The summed E-state index contributed by atoms with van der Waals surface area (Å²) in [5.41, 5.74) is 13.3. The molecule has 6 aliphatic rings. The third kappa shape index (κ3) is 16.3. The van der Waals surface area contributed by atoms with Gasteiger partial charge in [-0.15, -0.1) is 0 Å². The summed E-state index contributed by atoms with van der Waals surface area (Å²) in [4.78, 5) is 159. The lowest BCUT2D eigenvalue weighted by Crippen LogP contribution is -2.48. The number of amides is 3. The average molecular weight is 1360 g/mol. The number of benzene rings is 2. The average Bonchev–Trinajstić information content (AvgIpc) is 1.69. The van der Waals surface area contributed by atoms with Gasteiger partial charge in [-0.25, -0.2) is 19.6 Å². The van der Waals surface area contributed by atoms with Crippen molar-refractivity contribution in [1.29, 1.82) is 0 Å². The standard InChI is InChI=1S/C39H45N5O9.C22H19N3O5.C8H14O3.C4H9N/c1-4-23(36(49)43-29(22(3)45)14-16-33(47)41-26-10-8-11-26)13-15-32(46)40-19-34(48)53-39(5-2)28-18-31-35-25(17-24-9-6-7-12-30(24)42-35)20-44(31)37(50)27(28)21-52-38(39)51;1-2-22(30-18(26)9-23)15-8-17-19-13(7-12-5-3-4-6-16(12)24-19)10-25(17)20(27)14(15)11-29-21(22)28;1-3-7(6(2)9)4-5-8(10)11;5-4-2-1-3-4/h6-7,9,12,17-18,23,26,29H,4-5,8,10-11,13-16,19-21H2,1-3H3,(H,40,46)(H,41,47)(H,43,49);3-8H,2,9-11,23H2,1H3;7H,3-5H2,1-2H3,(H,10,11);4H,1-3,5H2/t23?,29?,39-;22-;;/m00../s1. The Morgan fingerprint density at radius 2 is 1.11 bits per heavy atom. The number of hydrogen-bond acceptors (Lipinski definition) is 20. The third-order valence-electron chi connectivity index (χ3n) is 19.4. The molecule has 0 saturated heterocycles. The number of carboxylic acids is 1. The summed E-state index contributed by atoms with van der Waals surface area (Å²) in [6, 6.07) is 22.7. The Balaban J connectivity index is 0.000000205. The number of carbonyl (C=O) groups is 10. The van der Waals surface area contributed by atoms with E-state index in [2.05, 4.69) is 16.0 Å². The molecule has 4 aliphatic heterocycles. The van der Waals surface area contributed by atoms with E-state index in [1.165, 1.54) is 33.1 Å². The van der Waals surface area contributed by atoms with Gasteiger partial charge in [0.25, 0.3) is 11.1 Å². The second-order valence-electron chi connectivity index (χ2n) is 25.8. The molecule has 3 amide bonds. The van der Waals surface area contributed by atoms with Crippen molar-refractivity contribution < 1.29 is 72.0 Å². The molecular formula is C73H87N9O17. The second-order valence-corrected chi connectivity index (χ2v) is 25.8. The highest BCUT2D eigenvalue weighted by Crippen LogP contribution is 2.43. The Kier molecular flexibility index (Phi) is 23.9.